The summed E-state index contributed by atoms with van der Waals surface area (Å²) in [5.41, 5.74) is 0.700. The Morgan fingerprint density at radius 2 is 1.86 bits per heavy atom. The molecule has 3 saturated heterocycles. The number of rotatable bonds is 10. The second-order valence-corrected chi connectivity index (χ2v) is 13.1. The molecule has 1 aromatic carbocycles. The average molecular weight is 516 g/mol. The molecule has 2 bridgehead atoms. The molecular formula is C28H41N3O4S. The van der Waals surface area contributed by atoms with Crippen LogP contribution in [0, 0.1) is 17.8 Å². The fraction of sp³-hybridized carbons (Fsp3) is 0.679. The Morgan fingerprint density at radius 3 is 2.47 bits per heavy atom. The van der Waals surface area contributed by atoms with E-state index < -0.39 is 33.4 Å². The fourth-order valence-electron chi connectivity index (χ4n) is 6.80. The highest BCUT2D eigenvalue weighted by Gasteiger charge is 2.77. The van der Waals surface area contributed by atoms with E-state index in [1.54, 1.807) is 16.7 Å². The number of para-hydroxylation sites is 1. The van der Waals surface area contributed by atoms with Crippen LogP contribution in [0.1, 0.15) is 66.7 Å². The van der Waals surface area contributed by atoms with Gasteiger partial charge in [-0.05, 0) is 51.2 Å². The molecule has 0 aliphatic carbocycles. The normalized spacial score (nSPS) is 33.2. The predicted octanol–water partition coefficient (Wildman–Crippen LogP) is 3.82. The molecule has 8 heteroatoms. The van der Waals surface area contributed by atoms with E-state index in [1.807, 2.05) is 51.1 Å². The lowest BCUT2D eigenvalue weighted by Gasteiger charge is -2.39. The number of aliphatic hydroxyl groups is 1. The number of nitrogens with zero attached hydrogens (tertiary/aromatic N) is 1. The summed E-state index contributed by atoms with van der Waals surface area (Å²) >= 11 is 1.66. The fourth-order valence-corrected chi connectivity index (χ4v) is 9.15. The van der Waals surface area contributed by atoms with Crippen molar-refractivity contribution >= 4 is 35.2 Å². The Labute approximate surface area is 219 Å². The van der Waals surface area contributed by atoms with Crippen molar-refractivity contribution in [1.29, 1.82) is 0 Å². The highest BCUT2D eigenvalue weighted by molar-refractivity contribution is 8.02. The van der Waals surface area contributed by atoms with E-state index in [9.17, 15) is 19.5 Å². The third-order valence-corrected chi connectivity index (χ3v) is 10.7. The second-order valence-electron chi connectivity index (χ2n) is 11.2. The molecule has 7 nitrogen and oxygen atoms in total. The maximum atomic E-state index is 14.3. The zero-order chi connectivity index (χ0) is 26.3. The molecule has 8 atom stereocenters. The van der Waals surface area contributed by atoms with Crippen molar-refractivity contribution in [2.45, 2.75) is 94.3 Å². The van der Waals surface area contributed by atoms with E-state index in [0.717, 1.165) is 25.7 Å². The summed E-state index contributed by atoms with van der Waals surface area (Å²) in [4.78, 5) is 43.6. The number of hydrogen-bond donors (Lipinski definition) is 3. The first-order valence-electron chi connectivity index (χ1n) is 13.4. The van der Waals surface area contributed by atoms with Gasteiger partial charge in [0.25, 0.3) is 0 Å². The molecule has 3 unspecified atom stereocenters. The molecule has 4 rings (SSSR count). The predicted molar refractivity (Wildman–Crippen MR) is 143 cm³/mol. The van der Waals surface area contributed by atoms with Gasteiger partial charge in [-0.1, -0.05) is 51.8 Å². The van der Waals surface area contributed by atoms with Gasteiger partial charge in [0.2, 0.25) is 17.7 Å². The lowest BCUT2D eigenvalue weighted by atomic mass is 9.66. The van der Waals surface area contributed by atoms with Crippen molar-refractivity contribution in [1.82, 2.24) is 10.2 Å². The first kappa shape index (κ1) is 27.0. The number of benzene rings is 1. The molecule has 0 aromatic heterocycles. The number of amides is 3. The monoisotopic (exact) mass is 515 g/mol. The van der Waals surface area contributed by atoms with Crippen molar-refractivity contribution in [3.63, 3.8) is 0 Å². The van der Waals surface area contributed by atoms with Crippen LogP contribution in [-0.4, -0.2) is 62.0 Å². The molecule has 3 N–H and O–H groups in total. The minimum absolute atomic E-state index is 0.0116. The third kappa shape index (κ3) is 4.34. The third-order valence-electron chi connectivity index (χ3n) is 8.74. The van der Waals surface area contributed by atoms with Gasteiger partial charge in [0.05, 0.1) is 29.2 Å². The summed E-state index contributed by atoms with van der Waals surface area (Å²) in [6.07, 6.45) is 4.04. The van der Waals surface area contributed by atoms with Crippen LogP contribution in [0.25, 0.3) is 0 Å². The Kier molecular flexibility index (Phi) is 7.77. The van der Waals surface area contributed by atoms with E-state index in [1.165, 1.54) is 0 Å². The van der Waals surface area contributed by atoms with E-state index in [0.29, 0.717) is 12.1 Å². The molecule has 3 aliphatic heterocycles. The summed E-state index contributed by atoms with van der Waals surface area (Å²) in [5, 5.41) is 16.6. The molecule has 3 amide bonds. The van der Waals surface area contributed by atoms with Gasteiger partial charge in [-0.2, -0.15) is 0 Å². The highest BCUT2D eigenvalue weighted by Crippen LogP contribution is 2.71. The Bertz CT molecular complexity index is 990. The van der Waals surface area contributed by atoms with Crippen molar-refractivity contribution in [3.8, 4) is 0 Å². The van der Waals surface area contributed by atoms with Gasteiger partial charge in [-0.25, -0.2) is 0 Å². The van der Waals surface area contributed by atoms with Gasteiger partial charge in [-0.3, -0.25) is 14.4 Å². The summed E-state index contributed by atoms with van der Waals surface area (Å²) < 4.78 is -1.11. The first-order chi connectivity index (χ1) is 17.1. The summed E-state index contributed by atoms with van der Waals surface area (Å²) in [6.45, 7) is 9.99. The summed E-state index contributed by atoms with van der Waals surface area (Å²) in [5.74, 6) is -1.61. The molecule has 0 radical (unpaired) electrons. The lowest BCUT2D eigenvalue weighted by Crippen LogP contribution is -2.58. The molecule has 198 valence electrons. The highest BCUT2D eigenvalue weighted by atomic mass is 32.2. The quantitative estimate of drug-likeness (QED) is 0.440. The topological polar surface area (TPSA) is 98.7 Å². The Morgan fingerprint density at radius 1 is 1.17 bits per heavy atom. The maximum Gasteiger partial charge on any atom is 0.244 e. The van der Waals surface area contributed by atoms with Crippen LogP contribution in [0.4, 0.5) is 5.69 Å². The number of fused-ring (bicyclic) bond motifs is 1. The van der Waals surface area contributed by atoms with Crippen LogP contribution < -0.4 is 10.6 Å². The molecule has 1 spiro atoms. The molecule has 3 fully saturated rings. The van der Waals surface area contributed by atoms with E-state index in [4.69, 9.17) is 0 Å². The average Bonchev–Trinajstić information content (AvgIpc) is 3.41. The van der Waals surface area contributed by atoms with Gasteiger partial charge >= 0.3 is 0 Å². The molecule has 1 aromatic rings. The maximum absolute atomic E-state index is 14.3. The second kappa shape index (κ2) is 10.4. The number of carbonyl (C=O) groups excluding carboxylic acids is 3. The van der Waals surface area contributed by atoms with Crippen molar-refractivity contribution in [3.05, 3.63) is 30.3 Å². The number of anilines is 1. The van der Waals surface area contributed by atoms with Crippen LogP contribution in [0.3, 0.4) is 0 Å². The zero-order valence-electron chi connectivity index (χ0n) is 22.1. The molecule has 3 heterocycles. The van der Waals surface area contributed by atoms with Crippen LogP contribution in [-0.2, 0) is 14.4 Å². The van der Waals surface area contributed by atoms with Gasteiger partial charge in [0, 0.05) is 16.5 Å². The Hall–Kier alpha value is -2.06. The van der Waals surface area contributed by atoms with E-state index >= 15 is 0 Å². The Balaban J connectivity index is 1.75. The largest absolute Gasteiger partial charge is 0.394 e. The van der Waals surface area contributed by atoms with Crippen LogP contribution >= 0.6 is 11.8 Å². The molecule has 36 heavy (non-hydrogen) atoms. The van der Waals surface area contributed by atoms with Crippen LogP contribution in [0.5, 0.6) is 0 Å². The van der Waals surface area contributed by atoms with Crippen LogP contribution in [0.15, 0.2) is 30.3 Å². The SMILES string of the molecule is CCCC(C)NC(=O)C1N([C@@H](CO)[C@@H](C)CC)C(=O)[C@@H]2[C@@H](C(=O)Nc3ccccc3)[C@@]3(C)CCC12S3. The van der Waals surface area contributed by atoms with Gasteiger partial charge in [-0.15, -0.1) is 11.8 Å². The van der Waals surface area contributed by atoms with Gasteiger partial charge < -0.3 is 20.6 Å². The van der Waals surface area contributed by atoms with Crippen molar-refractivity contribution < 1.29 is 19.5 Å². The zero-order valence-corrected chi connectivity index (χ0v) is 22.9. The number of thioether (sulfide) groups is 1. The first-order valence-corrected chi connectivity index (χ1v) is 14.2. The molecule has 3 aliphatic rings. The standard InChI is InChI=1S/C28H41N3O4S/c1-6-11-18(4)29-25(34)23-28-15-14-27(5,36-28)21(24(33)30-19-12-9-8-10-13-19)22(28)26(35)31(23)20(16-32)17(3)7-2/h8-10,12-13,17-18,20-23,32H,6-7,11,14-16H2,1-5H3,(H,29,34)(H,30,33)/t17-,18?,20-,21-,22-,23?,27+,28?/m0/s1. The molecular weight excluding hydrogens is 474 g/mol. The number of carbonyl (C=O) groups is 3. The van der Waals surface area contributed by atoms with Crippen molar-refractivity contribution in [2.24, 2.45) is 17.8 Å². The van der Waals surface area contributed by atoms with E-state index in [2.05, 4.69) is 24.5 Å². The minimum Gasteiger partial charge on any atom is -0.394 e. The smallest absolute Gasteiger partial charge is 0.244 e. The summed E-state index contributed by atoms with van der Waals surface area (Å²) in [6, 6.07) is 8.13. The van der Waals surface area contributed by atoms with Crippen molar-refractivity contribution in [2.75, 3.05) is 11.9 Å². The van der Waals surface area contributed by atoms with Gasteiger partial charge in [0.15, 0.2) is 0 Å². The molecule has 0 saturated carbocycles. The van der Waals surface area contributed by atoms with E-state index in [-0.39, 0.29) is 36.3 Å². The minimum atomic E-state index is -0.707. The van der Waals surface area contributed by atoms with Crippen LogP contribution in [0.2, 0.25) is 0 Å². The summed E-state index contributed by atoms with van der Waals surface area (Å²) in [7, 11) is 0. The number of hydrogen-bond acceptors (Lipinski definition) is 5. The lowest BCUT2D eigenvalue weighted by molar-refractivity contribution is -0.143. The number of aliphatic hydroxyl groups excluding tert-OH is 1. The number of nitrogens with one attached hydrogen (secondary N) is 2. The number of likely N-dealkylation sites (tertiary alicyclic amines) is 1. The van der Waals surface area contributed by atoms with Gasteiger partial charge in [0.1, 0.15) is 6.04 Å².